The van der Waals surface area contributed by atoms with Gasteiger partial charge in [0.25, 0.3) is 0 Å². The predicted molar refractivity (Wildman–Crippen MR) is 72.9 cm³/mol. The molecule has 1 aliphatic heterocycles. The van der Waals surface area contributed by atoms with Crippen molar-refractivity contribution in [1.29, 1.82) is 0 Å². The van der Waals surface area contributed by atoms with Gasteiger partial charge >= 0.3 is 0 Å². The van der Waals surface area contributed by atoms with Crippen LogP contribution in [0.4, 0.5) is 5.69 Å². The normalized spacial score (nSPS) is 14.6. The third-order valence-electron chi connectivity index (χ3n) is 3.10. The topological polar surface area (TPSA) is 60.2 Å². The molecule has 1 aromatic heterocycles. The standard InChI is InChI=1S/C12H11Cl2N3O/c13-7-1-2-8(14)12-10(7)11(17-15)6-5-18-4-3-9(6)16-12/h1-2H,3-5,15H2,(H,16,17). The number of pyridine rings is 1. The van der Waals surface area contributed by atoms with Crippen LogP contribution in [0, 0.1) is 0 Å². The fraction of sp³-hybridized carbons (Fsp3) is 0.250. The highest BCUT2D eigenvalue weighted by Crippen LogP contribution is 2.38. The number of nitrogens with two attached hydrogens (primary N) is 1. The number of ether oxygens (including phenoxy) is 1. The first-order valence-electron chi connectivity index (χ1n) is 5.56. The number of benzene rings is 1. The van der Waals surface area contributed by atoms with Crippen LogP contribution >= 0.6 is 23.2 Å². The molecule has 0 fully saturated rings. The first kappa shape index (κ1) is 12.0. The van der Waals surface area contributed by atoms with Gasteiger partial charge in [-0.25, -0.2) is 0 Å². The van der Waals surface area contributed by atoms with Gasteiger partial charge in [-0.2, -0.15) is 0 Å². The molecule has 0 amide bonds. The summed E-state index contributed by atoms with van der Waals surface area (Å²) >= 11 is 12.4. The van der Waals surface area contributed by atoms with Gasteiger partial charge in [0, 0.05) is 17.4 Å². The zero-order valence-electron chi connectivity index (χ0n) is 9.46. The molecule has 1 aliphatic rings. The molecule has 0 saturated heterocycles. The maximum atomic E-state index is 6.22. The quantitative estimate of drug-likeness (QED) is 0.624. The van der Waals surface area contributed by atoms with Gasteiger partial charge in [0.1, 0.15) is 0 Å². The minimum absolute atomic E-state index is 0.487. The smallest absolute Gasteiger partial charge is 0.0928 e. The van der Waals surface area contributed by atoms with E-state index in [0.717, 1.165) is 28.8 Å². The molecule has 3 N–H and O–H groups in total. The maximum absolute atomic E-state index is 6.22. The van der Waals surface area contributed by atoms with Crippen molar-refractivity contribution >= 4 is 39.8 Å². The maximum Gasteiger partial charge on any atom is 0.0928 e. The van der Waals surface area contributed by atoms with Gasteiger partial charge in [-0.05, 0) is 12.1 Å². The van der Waals surface area contributed by atoms with E-state index in [2.05, 4.69) is 10.4 Å². The minimum Gasteiger partial charge on any atom is -0.376 e. The molecule has 0 bridgehead atoms. The van der Waals surface area contributed by atoms with Crippen molar-refractivity contribution < 1.29 is 4.74 Å². The fourth-order valence-corrected chi connectivity index (χ4v) is 2.70. The molecule has 0 aliphatic carbocycles. The number of fused-ring (bicyclic) bond motifs is 2. The highest BCUT2D eigenvalue weighted by Gasteiger charge is 2.20. The van der Waals surface area contributed by atoms with Crippen LogP contribution < -0.4 is 11.3 Å². The molecule has 6 heteroatoms. The molecule has 1 aromatic carbocycles. The number of aromatic nitrogens is 1. The SMILES string of the molecule is NNc1c2c(nc3c(Cl)ccc(Cl)c13)CCOC2. The van der Waals surface area contributed by atoms with E-state index in [-0.39, 0.29) is 0 Å². The number of nitrogens with zero attached hydrogens (tertiary/aromatic N) is 1. The molecule has 2 aromatic rings. The summed E-state index contributed by atoms with van der Waals surface area (Å²) in [5.41, 5.74) is 6.06. The van der Waals surface area contributed by atoms with E-state index in [4.69, 9.17) is 33.8 Å². The van der Waals surface area contributed by atoms with Crippen molar-refractivity contribution in [3.8, 4) is 0 Å². The predicted octanol–water partition coefficient (Wildman–Crippen LogP) is 2.90. The molecular weight excluding hydrogens is 273 g/mol. The highest BCUT2D eigenvalue weighted by molar-refractivity contribution is 6.40. The Morgan fingerprint density at radius 2 is 2.06 bits per heavy atom. The lowest BCUT2D eigenvalue weighted by Gasteiger charge is -2.21. The Hall–Kier alpha value is -1.07. The van der Waals surface area contributed by atoms with Crippen molar-refractivity contribution in [3.05, 3.63) is 33.4 Å². The summed E-state index contributed by atoms with van der Waals surface area (Å²) in [6.45, 7) is 1.15. The molecule has 2 heterocycles. The van der Waals surface area contributed by atoms with Gasteiger partial charge in [-0.3, -0.25) is 10.8 Å². The van der Waals surface area contributed by atoms with Crippen molar-refractivity contribution in [3.63, 3.8) is 0 Å². The first-order valence-corrected chi connectivity index (χ1v) is 6.31. The average Bonchev–Trinajstić information content (AvgIpc) is 2.41. The van der Waals surface area contributed by atoms with Crippen molar-refractivity contribution in [1.82, 2.24) is 4.98 Å². The monoisotopic (exact) mass is 283 g/mol. The van der Waals surface area contributed by atoms with Crippen molar-refractivity contribution in [2.45, 2.75) is 13.0 Å². The third-order valence-corrected chi connectivity index (χ3v) is 3.72. The van der Waals surface area contributed by atoms with E-state index in [9.17, 15) is 0 Å². The van der Waals surface area contributed by atoms with E-state index < -0.39 is 0 Å². The lowest BCUT2D eigenvalue weighted by atomic mass is 10.0. The number of hydrogen-bond acceptors (Lipinski definition) is 4. The Morgan fingerprint density at radius 3 is 2.83 bits per heavy atom. The van der Waals surface area contributed by atoms with Crippen molar-refractivity contribution in [2.24, 2.45) is 5.84 Å². The zero-order chi connectivity index (χ0) is 12.7. The summed E-state index contributed by atoms with van der Waals surface area (Å²) in [6, 6.07) is 3.48. The van der Waals surface area contributed by atoms with Gasteiger partial charge in [0.2, 0.25) is 0 Å². The lowest BCUT2D eigenvalue weighted by Crippen LogP contribution is -2.18. The number of hydrogen-bond donors (Lipinski definition) is 2. The summed E-state index contributed by atoms with van der Waals surface area (Å²) in [6.07, 6.45) is 0.753. The molecule has 3 rings (SSSR count). The molecule has 0 spiro atoms. The van der Waals surface area contributed by atoms with E-state index in [1.54, 1.807) is 12.1 Å². The summed E-state index contributed by atoms with van der Waals surface area (Å²) in [7, 11) is 0. The molecule has 4 nitrogen and oxygen atoms in total. The van der Waals surface area contributed by atoms with Crippen LogP contribution in [0.2, 0.25) is 10.0 Å². The molecule has 94 valence electrons. The summed E-state index contributed by atoms with van der Waals surface area (Å²) in [5, 5.41) is 1.89. The van der Waals surface area contributed by atoms with Gasteiger partial charge in [-0.1, -0.05) is 23.2 Å². The average molecular weight is 284 g/mol. The number of halogens is 2. The van der Waals surface area contributed by atoms with Gasteiger partial charge in [0.15, 0.2) is 0 Å². The fourth-order valence-electron chi connectivity index (χ4n) is 2.25. The van der Waals surface area contributed by atoms with Crippen LogP contribution in [0.25, 0.3) is 10.9 Å². The van der Waals surface area contributed by atoms with Crippen LogP contribution in [0.15, 0.2) is 12.1 Å². The van der Waals surface area contributed by atoms with E-state index >= 15 is 0 Å². The highest BCUT2D eigenvalue weighted by atomic mass is 35.5. The van der Waals surface area contributed by atoms with Gasteiger partial charge in [0.05, 0.1) is 40.2 Å². The zero-order valence-corrected chi connectivity index (χ0v) is 11.0. The van der Waals surface area contributed by atoms with Crippen LogP contribution in [-0.4, -0.2) is 11.6 Å². The Bertz CT molecular complexity index is 630. The van der Waals surface area contributed by atoms with Gasteiger partial charge < -0.3 is 10.2 Å². The molecule has 0 unspecified atom stereocenters. The van der Waals surface area contributed by atoms with E-state index in [1.165, 1.54) is 0 Å². The van der Waals surface area contributed by atoms with Crippen LogP contribution in [0.5, 0.6) is 0 Å². The summed E-state index contributed by atoms with van der Waals surface area (Å²) in [5.74, 6) is 5.62. The van der Waals surface area contributed by atoms with Crippen LogP contribution in [0.3, 0.4) is 0 Å². The Kier molecular flexibility index (Phi) is 3.03. The number of anilines is 1. The molecule has 18 heavy (non-hydrogen) atoms. The number of nitrogens with one attached hydrogen (secondary N) is 1. The molecular formula is C12H11Cl2N3O. The van der Waals surface area contributed by atoms with Gasteiger partial charge in [-0.15, -0.1) is 0 Å². The van der Waals surface area contributed by atoms with Crippen LogP contribution in [0.1, 0.15) is 11.3 Å². The lowest BCUT2D eigenvalue weighted by molar-refractivity contribution is 0.110. The van der Waals surface area contributed by atoms with Crippen LogP contribution in [-0.2, 0) is 17.8 Å². The molecule has 0 saturated carbocycles. The second kappa shape index (κ2) is 4.55. The number of rotatable bonds is 1. The van der Waals surface area contributed by atoms with E-state index in [1.807, 2.05) is 0 Å². The first-order chi connectivity index (χ1) is 8.72. The molecule has 0 radical (unpaired) electrons. The number of nitrogen functional groups attached to an aromatic ring is 1. The second-order valence-corrected chi connectivity index (χ2v) is 4.93. The van der Waals surface area contributed by atoms with E-state index in [0.29, 0.717) is 28.8 Å². The Morgan fingerprint density at radius 1 is 1.28 bits per heavy atom. The summed E-state index contributed by atoms with van der Waals surface area (Å²) < 4.78 is 5.45. The number of hydrazine groups is 1. The molecule has 0 atom stereocenters. The summed E-state index contributed by atoms with van der Waals surface area (Å²) in [4.78, 5) is 4.59. The third kappa shape index (κ3) is 1.73. The minimum atomic E-state index is 0.487. The largest absolute Gasteiger partial charge is 0.376 e. The Labute approximate surface area is 114 Å². The Balaban J connectivity index is 2.44. The second-order valence-electron chi connectivity index (χ2n) is 4.11. The van der Waals surface area contributed by atoms with Crippen molar-refractivity contribution in [2.75, 3.05) is 12.0 Å².